The molecule has 0 radical (unpaired) electrons. The van der Waals surface area contributed by atoms with Gasteiger partial charge in [-0.1, -0.05) is 0 Å². The molecule has 0 atom stereocenters. The van der Waals surface area contributed by atoms with Gasteiger partial charge in [-0.2, -0.15) is 0 Å². The average molecular weight is 857 g/mol. The molecule has 13 heteroatoms. The molecule has 6 aromatic rings. The number of carbonyl (C=O) groups is 2. The fourth-order valence-electron chi connectivity index (χ4n) is 7.18. The van der Waals surface area contributed by atoms with E-state index in [0.717, 1.165) is 55.2 Å². The highest BCUT2D eigenvalue weighted by atomic mass is 19.1. The van der Waals surface area contributed by atoms with E-state index < -0.39 is 5.97 Å². The van der Waals surface area contributed by atoms with Crippen molar-refractivity contribution in [3.63, 3.8) is 0 Å². The van der Waals surface area contributed by atoms with Crippen LogP contribution in [0, 0.1) is 25.5 Å². The van der Waals surface area contributed by atoms with E-state index in [4.69, 9.17) is 20.3 Å². The van der Waals surface area contributed by atoms with E-state index in [0.29, 0.717) is 46.5 Å². The first-order valence-corrected chi connectivity index (χ1v) is 21.2. The Morgan fingerprint density at radius 3 is 1.40 bits per heavy atom. The molecular formula is C50H54F2N6O5. The van der Waals surface area contributed by atoms with E-state index >= 15 is 0 Å². The first kappa shape index (κ1) is 46.0. The Morgan fingerprint density at radius 1 is 0.603 bits per heavy atom. The number of amides is 1. The van der Waals surface area contributed by atoms with Crippen molar-refractivity contribution in [2.24, 2.45) is 5.73 Å². The highest BCUT2D eigenvalue weighted by molar-refractivity contribution is 5.95. The van der Waals surface area contributed by atoms with Crippen LogP contribution in [0.15, 0.2) is 121 Å². The fraction of sp³-hybridized carbons (Fsp3) is 0.280. The summed E-state index contributed by atoms with van der Waals surface area (Å²) in [5.74, 6) is 0.642. The molecule has 0 bridgehead atoms. The van der Waals surface area contributed by atoms with Gasteiger partial charge >= 0.3 is 5.97 Å². The van der Waals surface area contributed by atoms with Crippen LogP contribution in [0.4, 0.5) is 8.78 Å². The molecule has 0 spiro atoms. The molecule has 2 aromatic heterocycles. The summed E-state index contributed by atoms with van der Waals surface area (Å²) in [5, 5.41) is 12.2. The Labute approximate surface area is 367 Å². The number of likely N-dealkylation sites (tertiary alicyclic amines) is 2. The molecule has 4 N–H and O–H groups in total. The summed E-state index contributed by atoms with van der Waals surface area (Å²) < 4.78 is 37.3. The van der Waals surface area contributed by atoms with Crippen molar-refractivity contribution >= 4 is 11.9 Å². The minimum atomic E-state index is -0.988. The summed E-state index contributed by atoms with van der Waals surface area (Å²) in [5.41, 5.74) is 10.6. The Morgan fingerprint density at radius 2 is 0.984 bits per heavy atom. The standard InChI is InChI=1S/C25H26FN3O2.C19H14FNO3.C6H14N2/c1-18-16-20(25(30)27-12-15-29-13-2-3-14-29)17-24(28-18)19-4-8-22(9-5-19)31-23-10-6-21(26)7-11-23;1-12-10-14(19(22)23)11-18(21-12)13-2-6-16(7-3-13)24-17-8-4-15(20)5-9-17;7-3-6-8-4-1-2-5-8/h4-11,16-17H,2-3,12-15H2,1H3,(H,27,30);2-11H,1H3,(H,22,23);1-7H2. The first-order valence-electron chi connectivity index (χ1n) is 21.2. The predicted octanol–water partition coefficient (Wildman–Crippen LogP) is 9.54. The van der Waals surface area contributed by atoms with Crippen molar-refractivity contribution in [3.05, 3.63) is 155 Å². The van der Waals surface area contributed by atoms with Crippen LogP contribution >= 0.6 is 0 Å². The number of carboxylic acid groups (broad SMARTS) is 1. The maximum atomic E-state index is 13.0. The second kappa shape index (κ2) is 23.1. The molecule has 63 heavy (non-hydrogen) atoms. The molecule has 0 saturated carbocycles. The van der Waals surface area contributed by atoms with Crippen molar-refractivity contribution in [3.8, 4) is 45.5 Å². The van der Waals surface area contributed by atoms with Gasteiger partial charge in [-0.25, -0.2) is 13.6 Å². The lowest BCUT2D eigenvalue weighted by Gasteiger charge is -2.15. The molecule has 328 valence electrons. The van der Waals surface area contributed by atoms with Gasteiger partial charge < -0.3 is 35.4 Å². The molecule has 2 aliphatic heterocycles. The quantitative estimate of drug-likeness (QED) is 0.103. The van der Waals surface area contributed by atoms with Crippen LogP contribution in [0.1, 0.15) is 57.8 Å². The average Bonchev–Trinajstić information content (AvgIpc) is 4.01. The van der Waals surface area contributed by atoms with E-state index in [1.165, 1.54) is 75.2 Å². The first-order chi connectivity index (χ1) is 30.5. The zero-order chi connectivity index (χ0) is 44.6. The number of halogens is 2. The van der Waals surface area contributed by atoms with Gasteiger partial charge in [-0.05, 0) is 187 Å². The van der Waals surface area contributed by atoms with Gasteiger partial charge in [-0.15, -0.1) is 0 Å². The normalized spacial score (nSPS) is 13.6. The summed E-state index contributed by atoms with van der Waals surface area (Å²) in [6.07, 6.45) is 5.24. The third-order valence-electron chi connectivity index (χ3n) is 10.4. The number of nitrogens with one attached hydrogen (secondary N) is 1. The van der Waals surface area contributed by atoms with Gasteiger partial charge in [0.05, 0.1) is 17.0 Å². The summed E-state index contributed by atoms with van der Waals surface area (Å²) >= 11 is 0. The Balaban J connectivity index is 0.000000182. The van der Waals surface area contributed by atoms with Crippen molar-refractivity contribution < 1.29 is 33.0 Å². The maximum absolute atomic E-state index is 13.0. The van der Waals surface area contributed by atoms with Gasteiger partial charge in [0.1, 0.15) is 34.6 Å². The van der Waals surface area contributed by atoms with Crippen molar-refractivity contribution in [1.29, 1.82) is 0 Å². The molecule has 2 fully saturated rings. The number of nitrogens with zero attached hydrogens (tertiary/aromatic N) is 4. The number of aryl methyl sites for hydroxylation is 2. The molecule has 8 rings (SSSR count). The lowest BCUT2D eigenvalue weighted by molar-refractivity contribution is 0.0696. The van der Waals surface area contributed by atoms with E-state index in [9.17, 15) is 18.4 Å². The third kappa shape index (κ3) is 14.5. The maximum Gasteiger partial charge on any atom is 0.335 e. The number of hydrogen-bond donors (Lipinski definition) is 3. The van der Waals surface area contributed by atoms with Crippen molar-refractivity contribution in [2.75, 3.05) is 52.4 Å². The largest absolute Gasteiger partial charge is 0.478 e. The number of aromatic nitrogens is 2. The third-order valence-corrected chi connectivity index (χ3v) is 10.4. The molecular weight excluding hydrogens is 803 g/mol. The fourth-order valence-corrected chi connectivity index (χ4v) is 7.18. The number of rotatable bonds is 13. The van der Waals surface area contributed by atoms with Gasteiger partial charge in [0, 0.05) is 54.3 Å². The monoisotopic (exact) mass is 856 g/mol. The lowest BCUT2D eigenvalue weighted by atomic mass is 10.1. The SMILES string of the molecule is Cc1cc(C(=O)NCCN2CCCC2)cc(-c2ccc(Oc3ccc(F)cc3)cc2)n1.Cc1cc(C(=O)O)cc(-c2ccc(Oc3ccc(F)cc3)cc2)n1.NCCN1CCCC1. The van der Waals surface area contributed by atoms with E-state index in [2.05, 4.69) is 25.1 Å². The number of carbonyl (C=O) groups excluding carboxylic acids is 1. The molecule has 11 nitrogen and oxygen atoms in total. The molecule has 0 aliphatic carbocycles. The Hall–Kier alpha value is -6.54. The molecule has 0 unspecified atom stereocenters. The van der Waals surface area contributed by atoms with Gasteiger partial charge in [-0.3, -0.25) is 14.8 Å². The number of benzene rings is 4. The minimum absolute atomic E-state index is 0.0813. The van der Waals surface area contributed by atoms with Crippen LogP contribution < -0.4 is 20.5 Å². The number of hydrogen-bond acceptors (Lipinski definition) is 9. The summed E-state index contributed by atoms with van der Waals surface area (Å²) in [6, 6.07) is 32.9. The summed E-state index contributed by atoms with van der Waals surface area (Å²) in [6.45, 7) is 11.9. The van der Waals surface area contributed by atoms with Crippen LogP contribution in [0.5, 0.6) is 23.0 Å². The highest BCUT2D eigenvalue weighted by Gasteiger charge is 2.14. The van der Waals surface area contributed by atoms with E-state index in [-0.39, 0.29) is 23.1 Å². The predicted molar refractivity (Wildman–Crippen MR) is 241 cm³/mol. The van der Waals surface area contributed by atoms with Crippen LogP contribution in [0.2, 0.25) is 0 Å². The second-order valence-corrected chi connectivity index (χ2v) is 15.4. The van der Waals surface area contributed by atoms with Gasteiger partial charge in [0.15, 0.2) is 0 Å². The molecule has 1 amide bonds. The summed E-state index contributed by atoms with van der Waals surface area (Å²) in [4.78, 5) is 37.5. The van der Waals surface area contributed by atoms with Crippen LogP contribution in [0.25, 0.3) is 22.5 Å². The van der Waals surface area contributed by atoms with Crippen molar-refractivity contribution in [1.82, 2.24) is 25.1 Å². The van der Waals surface area contributed by atoms with Crippen LogP contribution in [-0.2, 0) is 0 Å². The number of carboxylic acids is 1. The van der Waals surface area contributed by atoms with E-state index in [1.807, 2.05) is 37.3 Å². The molecule has 4 aromatic carbocycles. The zero-order valence-corrected chi connectivity index (χ0v) is 35.7. The molecule has 4 heterocycles. The lowest BCUT2D eigenvalue weighted by Crippen LogP contribution is -2.33. The zero-order valence-electron chi connectivity index (χ0n) is 35.7. The number of nitrogens with two attached hydrogens (primary N) is 1. The van der Waals surface area contributed by atoms with Crippen LogP contribution in [0.3, 0.4) is 0 Å². The Kier molecular flexibility index (Phi) is 16.8. The van der Waals surface area contributed by atoms with Crippen molar-refractivity contribution in [2.45, 2.75) is 39.5 Å². The van der Waals surface area contributed by atoms with Gasteiger partial charge in [0.25, 0.3) is 5.91 Å². The highest BCUT2D eigenvalue weighted by Crippen LogP contribution is 2.28. The Bertz CT molecular complexity index is 2390. The second-order valence-electron chi connectivity index (χ2n) is 15.4. The minimum Gasteiger partial charge on any atom is -0.478 e. The number of aromatic carboxylic acids is 1. The molecule has 2 aliphatic rings. The van der Waals surface area contributed by atoms with Crippen LogP contribution in [-0.4, -0.2) is 89.1 Å². The molecule has 2 saturated heterocycles. The number of pyridine rings is 2. The topological polar surface area (TPSA) is 143 Å². The van der Waals surface area contributed by atoms with E-state index in [1.54, 1.807) is 61.5 Å². The summed E-state index contributed by atoms with van der Waals surface area (Å²) in [7, 11) is 0. The number of ether oxygens (including phenoxy) is 2. The smallest absolute Gasteiger partial charge is 0.335 e. The van der Waals surface area contributed by atoms with Gasteiger partial charge in [0.2, 0.25) is 0 Å².